The molecule has 1 aromatic rings. The van der Waals surface area contributed by atoms with Crippen LogP contribution in [0.4, 0.5) is 0 Å². The van der Waals surface area contributed by atoms with Crippen LogP contribution in [-0.4, -0.2) is 36.9 Å². The average molecular weight is 313 g/mol. The molecule has 21 heavy (non-hydrogen) atoms. The zero-order valence-corrected chi connectivity index (χ0v) is 14.3. The quantitative estimate of drug-likeness (QED) is 0.905. The molecule has 1 aliphatic heterocycles. The van der Waals surface area contributed by atoms with Crippen LogP contribution in [0.15, 0.2) is 17.2 Å². The van der Waals surface area contributed by atoms with Gasteiger partial charge < -0.3 is 9.88 Å². The first-order valence-electron chi connectivity index (χ1n) is 7.77. The van der Waals surface area contributed by atoms with E-state index in [4.69, 9.17) is 0 Å². The Morgan fingerprint density at radius 3 is 2.71 bits per heavy atom. The molecule has 6 heteroatoms. The number of sulfonamides is 1. The van der Waals surface area contributed by atoms with Crippen molar-refractivity contribution in [2.24, 2.45) is 5.92 Å². The van der Waals surface area contributed by atoms with Crippen molar-refractivity contribution in [2.75, 3.05) is 13.6 Å². The number of nitrogens with zero attached hydrogens (tertiary/aromatic N) is 2. The summed E-state index contributed by atoms with van der Waals surface area (Å²) in [5.41, 5.74) is 1.01. The zero-order chi connectivity index (χ0) is 15.6. The molecule has 0 saturated carbocycles. The number of nitrogens with one attached hydrogen (secondary N) is 1. The molecule has 0 radical (unpaired) electrons. The molecule has 120 valence electrons. The molecule has 1 saturated heterocycles. The minimum Gasteiger partial charge on any atom is -0.349 e. The summed E-state index contributed by atoms with van der Waals surface area (Å²) in [6.45, 7) is 8.27. The van der Waals surface area contributed by atoms with Gasteiger partial charge in [-0.25, -0.2) is 8.42 Å². The molecular weight excluding hydrogens is 286 g/mol. The molecule has 5 nitrogen and oxygen atoms in total. The Hall–Kier alpha value is -0.850. The van der Waals surface area contributed by atoms with E-state index < -0.39 is 10.0 Å². The number of rotatable bonds is 5. The maximum absolute atomic E-state index is 12.9. The van der Waals surface area contributed by atoms with E-state index in [0.29, 0.717) is 23.9 Å². The highest BCUT2D eigenvalue weighted by molar-refractivity contribution is 7.89. The summed E-state index contributed by atoms with van der Waals surface area (Å²) in [6.07, 6.45) is 3.82. The topological polar surface area (TPSA) is 54.3 Å². The minimum atomic E-state index is -3.39. The Morgan fingerprint density at radius 1 is 1.38 bits per heavy atom. The minimum absolute atomic E-state index is 0.0708. The van der Waals surface area contributed by atoms with E-state index in [1.807, 2.05) is 25.5 Å². The van der Waals surface area contributed by atoms with Crippen LogP contribution in [0, 0.1) is 5.92 Å². The second kappa shape index (κ2) is 6.50. The second-order valence-corrected chi connectivity index (χ2v) is 7.85. The van der Waals surface area contributed by atoms with E-state index in [2.05, 4.69) is 12.2 Å². The average Bonchev–Trinajstić information content (AvgIpc) is 2.86. The highest BCUT2D eigenvalue weighted by atomic mass is 32.2. The van der Waals surface area contributed by atoms with E-state index in [0.717, 1.165) is 25.1 Å². The van der Waals surface area contributed by atoms with Crippen LogP contribution in [0.25, 0.3) is 0 Å². The summed E-state index contributed by atoms with van der Waals surface area (Å²) in [5.74, 6) is 0.415. The summed E-state index contributed by atoms with van der Waals surface area (Å²) in [7, 11) is -1.52. The Labute approximate surface area is 128 Å². The maximum Gasteiger partial charge on any atom is 0.244 e. The molecule has 2 rings (SSSR count). The third-order valence-electron chi connectivity index (χ3n) is 4.58. The smallest absolute Gasteiger partial charge is 0.244 e. The highest BCUT2D eigenvalue weighted by Crippen LogP contribution is 2.29. The third-order valence-corrected chi connectivity index (χ3v) is 6.53. The monoisotopic (exact) mass is 313 g/mol. The summed E-state index contributed by atoms with van der Waals surface area (Å²) in [4.78, 5) is 0.426. The molecule has 2 unspecified atom stereocenters. The lowest BCUT2D eigenvalue weighted by molar-refractivity contribution is 0.202. The summed E-state index contributed by atoms with van der Waals surface area (Å²) >= 11 is 0. The van der Waals surface area contributed by atoms with Gasteiger partial charge in [0.25, 0.3) is 0 Å². The fraction of sp³-hybridized carbons (Fsp3) is 0.733. The Morgan fingerprint density at radius 2 is 2.10 bits per heavy atom. The molecule has 2 atom stereocenters. The second-order valence-electron chi connectivity index (χ2n) is 5.96. The molecule has 0 amide bonds. The van der Waals surface area contributed by atoms with Crippen LogP contribution >= 0.6 is 0 Å². The van der Waals surface area contributed by atoms with Crippen molar-refractivity contribution in [3.8, 4) is 0 Å². The van der Waals surface area contributed by atoms with E-state index in [-0.39, 0.29) is 6.04 Å². The van der Waals surface area contributed by atoms with E-state index in [9.17, 15) is 8.42 Å². The van der Waals surface area contributed by atoms with Crippen molar-refractivity contribution in [3.05, 3.63) is 18.0 Å². The molecule has 0 aliphatic carbocycles. The number of hydrogen-bond donors (Lipinski definition) is 1. The number of hydrogen-bond acceptors (Lipinski definition) is 3. The van der Waals surface area contributed by atoms with Gasteiger partial charge in [-0.1, -0.05) is 6.92 Å². The van der Waals surface area contributed by atoms with Crippen LogP contribution in [0.3, 0.4) is 0 Å². The van der Waals surface area contributed by atoms with Crippen LogP contribution in [-0.2, 0) is 23.1 Å². The fourth-order valence-corrected chi connectivity index (χ4v) is 4.89. The number of aryl methyl sites for hydroxylation is 1. The van der Waals surface area contributed by atoms with Gasteiger partial charge in [0, 0.05) is 37.6 Å². The number of piperidine rings is 1. The lowest BCUT2D eigenvalue weighted by atomic mass is 9.94. The van der Waals surface area contributed by atoms with Crippen LogP contribution in [0.5, 0.6) is 0 Å². The van der Waals surface area contributed by atoms with Gasteiger partial charge in [-0.15, -0.1) is 0 Å². The van der Waals surface area contributed by atoms with Gasteiger partial charge in [-0.3, -0.25) is 0 Å². The Kier molecular flexibility index (Phi) is 5.11. The first-order valence-corrected chi connectivity index (χ1v) is 9.21. The molecule has 1 N–H and O–H groups in total. The third kappa shape index (κ3) is 3.17. The van der Waals surface area contributed by atoms with Crippen molar-refractivity contribution in [1.29, 1.82) is 0 Å². The van der Waals surface area contributed by atoms with Crippen molar-refractivity contribution in [1.82, 2.24) is 14.2 Å². The lowest BCUT2D eigenvalue weighted by Crippen LogP contribution is -2.45. The Bertz CT molecular complexity index is 580. The van der Waals surface area contributed by atoms with Gasteiger partial charge in [0.15, 0.2) is 0 Å². The first-order chi connectivity index (χ1) is 9.91. The molecule has 0 bridgehead atoms. The van der Waals surface area contributed by atoms with Gasteiger partial charge in [-0.2, -0.15) is 4.31 Å². The van der Waals surface area contributed by atoms with Crippen molar-refractivity contribution in [2.45, 2.75) is 57.6 Å². The standard InChI is InChI=1S/C15H27N3O2S/c1-5-17-11-15(9-14(17)10-16-4)21(19,20)18-8-6-7-12(2)13(18)3/h9,11-13,16H,5-8,10H2,1-4H3. The molecule has 1 aliphatic rings. The molecule has 1 fully saturated rings. The van der Waals surface area contributed by atoms with Gasteiger partial charge in [0.05, 0.1) is 0 Å². The van der Waals surface area contributed by atoms with Crippen LogP contribution < -0.4 is 5.32 Å². The highest BCUT2D eigenvalue weighted by Gasteiger charge is 2.35. The molecule has 0 aromatic carbocycles. The molecule has 0 spiro atoms. The van der Waals surface area contributed by atoms with E-state index in [1.54, 1.807) is 16.6 Å². The summed E-state index contributed by atoms with van der Waals surface area (Å²) in [6, 6.07) is 1.88. The van der Waals surface area contributed by atoms with Gasteiger partial charge in [0.1, 0.15) is 4.90 Å². The van der Waals surface area contributed by atoms with E-state index in [1.165, 1.54) is 0 Å². The normalized spacial score (nSPS) is 24.4. The largest absolute Gasteiger partial charge is 0.349 e. The first kappa shape index (κ1) is 16.5. The van der Waals surface area contributed by atoms with Crippen LogP contribution in [0.1, 0.15) is 39.3 Å². The lowest BCUT2D eigenvalue weighted by Gasteiger charge is -2.36. The fourth-order valence-electron chi connectivity index (χ4n) is 3.06. The predicted octanol–water partition coefficient (Wildman–Crippen LogP) is 2.04. The van der Waals surface area contributed by atoms with Gasteiger partial charge in [-0.05, 0) is 45.7 Å². The molecule has 2 heterocycles. The summed E-state index contributed by atoms with van der Waals surface area (Å²) < 4.78 is 29.5. The summed E-state index contributed by atoms with van der Waals surface area (Å²) in [5, 5.41) is 3.09. The van der Waals surface area contributed by atoms with Crippen LogP contribution in [0.2, 0.25) is 0 Å². The van der Waals surface area contributed by atoms with Crippen molar-refractivity contribution >= 4 is 10.0 Å². The zero-order valence-electron chi connectivity index (χ0n) is 13.5. The SMILES string of the molecule is CCn1cc(S(=O)(=O)N2CCCC(C)C2C)cc1CNC. The van der Waals surface area contributed by atoms with Crippen molar-refractivity contribution in [3.63, 3.8) is 0 Å². The van der Waals surface area contributed by atoms with Gasteiger partial charge >= 0.3 is 0 Å². The molecular formula is C15H27N3O2S. The number of aromatic nitrogens is 1. The maximum atomic E-state index is 12.9. The predicted molar refractivity (Wildman–Crippen MR) is 84.6 cm³/mol. The van der Waals surface area contributed by atoms with Gasteiger partial charge in [0.2, 0.25) is 10.0 Å². The molecule has 1 aromatic heterocycles. The Balaban J connectivity index is 2.35. The van der Waals surface area contributed by atoms with E-state index >= 15 is 0 Å². The van der Waals surface area contributed by atoms with Crippen molar-refractivity contribution < 1.29 is 8.42 Å².